The van der Waals surface area contributed by atoms with Crippen molar-refractivity contribution in [3.05, 3.63) is 51.7 Å². The van der Waals surface area contributed by atoms with Crippen LogP contribution in [0, 0.1) is 6.92 Å². The molecule has 8 heteroatoms. The van der Waals surface area contributed by atoms with E-state index in [9.17, 15) is 9.59 Å². The number of fused-ring (bicyclic) bond motifs is 1. The van der Waals surface area contributed by atoms with Gasteiger partial charge in [-0.05, 0) is 69.7 Å². The van der Waals surface area contributed by atoms with E-state index in [0.29, 0.717) is 32.7 Å². The summed E-state index contributed by atoms with van der Waals surface area (Å²) in [6.45, 7) is 9.82. The zero-order chi connectivity index (χ0) is 24.7. The average molecular weight is 488 g/mol. The molecule has 1 unspecified atom stereocenters. The van der Waals surface area contributed by atoms with Crippen molar-refractivity contribution >= 4 is 23.3 Å². The Morgan fingerprint density at radius 3 is 2.62 bits per heavy atom. The molecule has 1 atom stereocenters. The molecule has 1 N–H and O–H groups in total. The van der Waals surface area contributed by atoms with Crippen molar-refractivity contribution in [2.45, 2.75) is 52.1 Å². The van der Waals surface area contributed by atoms with E-state index in [1.807, 2.05) is 56.9 Å². The number of thiophene rings is 1. The van der Waals surface area contributed by atoms with Gasteiger partial charge in [0.2, 0.25) is 5.91 Å². The monoisotopic (exact) mass is 487 g/mol. The fourth-order valence-corrected chi connectivity index (χ4v) is 4.92. The zero-order valence-corrected chi connectivity index (χ0v) is 21.7. The van der Waals surface area contributed by atoms with Crippen LogP contribution in [0.3, 0.4) is 0 Å². The highest BCUT2D eigenvalue weighted by Crippen LogP contribution is 2.34. The SMILES string of the molecule is COCCCN(CC(=O)N1CCc2sccc2C1COc1ccc(C)cc1)C(=O)NC(C)(C)C. The Morgan fingerprint density at radius 2 is 1.94 bits per heavy atom. The number of carbonyl (C=O) groups is 2. The Bertz CT molecular complexity index is 952. The smallest absolute Gasteiger partial charge is 0.318 e. The van der Waals surface area contributed by atoms with Crippen molar-refractivity contribution in [3.63, 3.8) is 0 Å². The van der Waals surface area contributed by atoms with Crippen LogP contribution in [0.1, 0.15) is 49.2 Å². The summed E-state index contributed by atoms with van der Waals surface area (Å²) in [4.78, 5) is 31.2. The van der Waals surface area contributed by atoms with Crippen LogP contribution >= 0.6 is 11.3 Å². The van der Waals surface area contributed by atoms with E-state index in [1.165, 1.54) is 10.4 Å². The van der Waals surface area contributed by atoms with Crippen molar-refractivity contribution in [2.75, 3.05) is 40.0 Å². The van der Waals surface area contributed by atoms with Crippen molar-refractivity contribution < 1.29 is 19.1 Å². The molecular formula is C26H37N3O4S. The lowest BCUT2D eigenvalue weighted by molar-refractivity contribution is -0.135. The maximum absolute atomic E-state index is 13.5. The van der Waals surface area contributed by atoms with Gasteiger partial charge in [-0.25, -0.2) is 4.79 Å². The van der Waals surface area contributed by atoms with Crippen molar-refractivity contribution in [1.82, 2.24) is 15.1 Å². The molecule has 0 radical (unpaired) electrons. The van der Waals surface area contributed by atoms with Crippen LogP contribution in [0.5, 0.6) is 5.75 Å². The summed E-state index contributed by atoms with van der Waals surface area (Å²) in [5.41, 5.74) is 1.92. The van der Waals surface area contributed by atoms with Crippen molar-refractivity contribution in [3.8, 4) is 5.75 Å². The number of aryl methyl sites for hydroxylation is 1. The third kappa shape index (κ3) is 7.21. The van der Waals surface area contributed by atoms with Gasteiger partial charge in [0, 0.05) is 37.2 Å². The Balaban J connectivity index is 1.74. The maximum Gasteiger partial charge on any atom is 0.318 e. The molecule has 186 valence electrons. The molecule has 34 heavy (non-hydrogen) atoms. The molecular weight excluding hydrogens is 450 g/mol. The van der Waals surface area contributed by atoms with E-state index in [-0.39, 0.29) is 30.1 Å². The minimum atomic E-state index is -0.388. The second-order valence-electron chi connectivity index (χ2n) is 9.72. The number of amides is 3. The molecule has 3 rings (SSSR count). The predicted octanol–water partition coefficient (Wildman–Crippen LogP) is 4.41. The lowest BCUT2D eigenvalue weighted by atomic mass is 10.0. The molecule has 1 aromatic heterocycles. The first-order valence-corrected chi connectivity index (χ1v) is 12.7. The molecule has 0 spiro atoms. The molecule has 2 aromatic rings. The van der Waals surface area contributed by atoms with Gasteiger partial charge < -0.3 is 24.6 Å². The van der Waals surface area contributed by atoms with Crippen LogP contribution in [0.25, 0.3) is 0 Å². The third-order valence-electron chi connectivity index (χ3n) is 5.72. The van der Waals surface area contributed by atoms with Crippen molar-refractivity contribution in [1.29, 1.82) is 0 Å². The Hall–Kier alpha value is -2.58. The van der Waals surface area contributed by atoms with Gasteiger partial charge in [-0.3, -0.25) is 4.79 Å². The number of carbonyl (C=O) groups excluding carboxylic acids is 2. The van der Waals surface area contributed by atoms with Gasteiger partial charge in [-0.15, -0.1) is 11.3 Å². The number of rotatable bonds is 9. The standard InChI is InChI=1S/C26H37N3O4S/c1-19-7-9-20(10-8-19)33-18-22-21-12-16-34-23(21)11-14-29(22)24(30)17-28(13-6-15-32-5)25(31)27-26(2,3)4/h7-10,12,16,22H,6,11,13-15,17-18H2,1-5H3,(H,27,31). The molecule has 2 heterocycles. The minimum absolute atomic E-state index is 0.0200. The molecule has 0 fully saturated rings. The summed E-state index contributed by atoms with van der Waals surface area (Å²) in [6.07, 6.45) is 1.48. The zero-order valence-electron chi connectivity index (χ0n) is 20.9. The largest absolute Gasteiger partial charge is 0.491 e. The lowest BCUT2D eigenvalue weighted by Gasteiger charge is -2.37. The fraction of sp³-hybridized carbons (Fsp3) is 0.538. The van der Waals surface area contributed by atoms with Crippen molar-refractivity contribution in [2.24, 2.45) is 0 Å². The summed E-state index contributed by atoms with van der Waals surface area (Å²) in [7, 11) is 1.63. The number of ether oxygens (including phenoxy) is 2. The first kappa shape index (κ1) is 26.0. The summed E-state index contributed by atoms with van der Waals surface area (Å²) < 4.78 is 11.3. The first-order valence-electron chi connectivity index (χ1n) is 11.8. The number of nitrogens with zero attached hydrogens (tertiary/aromatic N) is 2. The topological polar surface area (TPSA) is 71.1 Å². The van der Waals surface area contributed by atoms with Gasteiger partial charge in [-0.2, -0.15) is 0 Å². The van der Waals surface area contributed by atoms with Gasteiger partial charge in [0.05, 0.1) is 6.04 Å². The molecule has 0 aliphatic carbocycles. The molecule has 0 saturated heterocycles. The van der Waals surface area contributed by atoms with Crippen LogP contribution in [-0.2, 0) is 16.0 Å². The highest BCUT2D eigenvalue weighted by atomic mass is 32.1. The number of methoxy groups -OCH3 is 1. The average Bonchev–Trinajstić information content (AvgIpc) is 3.26. The molecule has 1 aliphatic rings. The Morgan fingerprint density at radius 1 is 1.21 bits per heavy atom. The summed E-state index contributed by atoms with van der Waals surface area (Å²) in [6, 6.07) is 9.60. The lowest BCUT2D eigenvalue weighted by Crippen LogP contribution is -2.53. The molecule has 1 aliphatic heterocycles. The number of urea groups is 1. The third-order valence-corrected chi connectivity index (χ3v) is 6.71. The molecule has 3 amide bonds. The van der Waals surface area contributed by atoms with Crippen LogP contribution in [0.2, 0.25) is 0 Å². The van der Waals surface area contributed by atoms with Crippen LogP contribution < -0.4 is 10.1 Å². The molecule has 0 bridgehead atoms. The number of benzene rings is 1. The maximum atomic E-state index is 13.5. The normalized spacial score (nSPS) is 15.6. The van der Waals surface area contributed by atoms with Crippen LogP contribution in [-0.4, -0.2) is 67.2 Å². The number of hydrogen-bond acceptors (Lipinski definition) is 5. The predicted molar refractivity (Wildman–Crippen MR) is 136 cm³/mol. The summed E-state index contributed by atoms with van der Waals surface area (Å²) in [5, 5.41) is 5.06. The second-order valence-corrected chi connectivity index (χ2v) is 10.7. The molecule has 0 saturated carbocycles. The molecule has 7 nitrogen and oxygen atoms in total. The van der Waals surface area contributed by atoms with Crippen LogP contribution in [0.4, 0.5) is 4.79 Å². The van der Waals surface area contributed by atoms with Gasteiger partial charge in [0.25, 0.3) is 0 Å². The highest BCUT2D eigenvalue weighted by molar-refractivity contribution is 7.10. The van der Waals surface area contributed by atoms with E-state index < -0.39 is 0 Å². The van der Waals surface area contributed by atoms with E-state index in [4.69, 9.17) is 9.47 Å². The van der Waals surface area contributed by atoms with E-state index >= 15 is 0 Å². The Labute approximate surface area is 207 Å². The second kappa shape index (κ2) is 11.7. The fourth-order valence-electron chi connectivity index (χ4n) is 3.99. The first-order chi connectivity index (χ1) is 16.2. The highest BCUT2D eigenvalue weighted by Gasteiger charge is 2.33. The van der Waals surface area contributed by atoms with Gasteiger partial charge in [0.15, 0.2) is 0 Å². The van der Waals surface area contributed by atoms with E-state index in [1.54, 1.807) is 23.3 Å². The van der Waals surface area contributed by atoms with E-state index in [2.05, 4.69) is 16.8 Å². The quantitative estimate of drug-likeness (QED) is 0.532. The van der Waals surface area contributed by atoms with E-state index in [0.717, 1.165) is 17.7 Å². The van der Waals surface area contributed by atoms with Gasteiger partial charge >= 0.3 is 6.03 Å². The minimum Gasteiger partial charge on any atom is -0.491 e. The number of hydrogen-bond donors (Lipinski definition) is 1. The number of nitrogens with one attached hydrogen (secondary N) is 1. The van der Waals surface area contributed by atoms with Gasteiger partial charge in [0.1, 0.15) is 18.9 Å². The molecule has 1 aromatic carbocycles. The summed E-state index contributed by atoms with van der Waals surface area (Å²) in [5.74, 6) is 0.710. The summed E-state index contributed by atoms with van der Waals surface area (Å²) >= 11 is 1.72. The Kier molecular flexibility index (Phi) is 8.97. The van der Waals surface area contributed by atoms with Crippen LogP contribution in [0.15, 0.2) is 35.7 Å². The van der Waals surface area contributed by atoms with Gasteiger partial charge in [-0.1, -0.05) is 17.7 Å².